The summed E-state index contributed by atoms with van der Waals surface area (Å²) in [5.74, 6) is -0.0806. The summed E-state index contributed by atoms with van der Waals surface area (Å²) in [6.45, 7) is 2.13. The van der Waals surface area contributed by atoms with E-state index >= 15 is 0 Å². The monoisotopic (exact) mass is 218 g/mol. The molecule has 0 atom stereocenters. The van der Waals surface area contributed by atoms with E-state index in [4.69, 9.17) is 4.74 Å². The van der Waals surface area contributed by atoms with E-state index in [1.165, 1.54) is 12.7 Å². The highest BCUT2D eigenvalue weighted by Gasteiger charge is 2.46. The number of esters is 1. The van der Waals surface area contributed by atoms with Crippen LogP contribution in [0.2, 0.25) is 0 Å². The highest BCUT2D eigenvalue weighted by atomic mass is 16.5. The maximum absolute atomic E-state index is 11.8. The first-order valence-electron chi connectivity index (χ1n) is 5.91. The second-order valence-electron chi connectivity index (χ2n) is 4.48. The fourth-order valence-corrected chi connectivity index (χ4v) is 2.40. The smallest absolute Gasteiger partial charge is 0.316 e. The molecular formula is C14H18O2. The molecule has 1 fully saturated rings. The molecule has 0 unspecified atom stereocenters. The van der Waals surface area contributed by atoms with Gasteiger partial charge in [0, 0.05) is 0 Å². The van der Waals surface area contributed by atoms with Crippen molar-refractivity contribution in [3.63, 3.8) is 0 Å². The van der Waals surface area contributed by atoms with Gasteiger partial charge in [0.05, 0.1) is 12.5 Å². The second-order valence-corrected chi connectivity index (χ2v) is 4.48. The van der Waals surface area contributed by atoms with Crippen molar-refractivity contribution < 1.29 is 9.53 Å². The van der Waals surface area contributed by atoms with Crippen LogP contribution in [0, 0.1) is 0 Å². The van der Waals surface area contributed by atoms with Gasteiger partial charge in [0.15, 0.2) is 0 Å². The first kappa shape index (κ1) is 11.2. The van der Waals surface area contributed by atoms with E-state index in [0.717, 1.165) is 31.2 Å². The van der Waals surface area contributed by atoms with E-state index in [0.29, 0.717) is 0 Å². The molecule has 86 valence electrons. The van der Waals surface area contributed by atoms with Gasteiger partial charge in [-0.3, -0.25) is 4.79 Å². The lowest BCUT2D eigenvalue weighted by Gasteiger charge is -2.39. The minimum atomic E-state index is -0.346. The van der Waals surface area contributed by atoms with Gasteiger partial charge in [-0.2, -0.15) is 0 Å². The summed E-state index contributed by atoms with van der Waals surface area (Å²) < 4.78 is 4.93. The first-order chi connectivity index (χ1) is 7.73. The fraction of sp³-hybridized carbons (Fsp3) is 0.500. The molecular weight excluding hydrogens is 200 g/mol. The van der Waals surface area contributed by atoms with E-state index in [1.54, 1.807) is 0 Å². The van der Waals surface area contributed by atoms with Crippen LogP contribution in [-0.4, -0.2) is 13.1 Å². The highest BCUT2D eigenvalue weighted by Crippen LogP contribution is 2.44. The molecule has 2 heteroatoms. The predicted octanol–water partition coefficient (Wildman–Crippen LogP) is 2.84. The largest absolute Gasteiger partial charge is 0.468 e. The lowest BCUT2D eigenvalue weighted by molar-refractivity contribution is -0.151. The summed E-state index contributed by atoms with van der Waals surface area (Å²) >= 11 is 0. The van der Waals surface area contributed by atoms with Crippen molar-refractivity contribution in [1.29, 1.82) is 0 Å². The third-order valence-corrected chi connectivity index (χ3v) is 3.70. The number of hydrogen-bond donors (Lipinski definition) is 0. The van der Waals surface area contributed by atoms with E-state index < -0.39 is 0 Å². The van der Waals surface area contributed by atoms with Crippen LogP contribution in [0.3, 0.4) is 0 Å². The number of ether oxygens (including phenoxy) is 1. The van der Waals surface area contributed by atoms with Gasteiger partial charge in [0.2, 0.25) is 0 Å². The Bertz CT molecular complexity index is 374. The first-order valence-corrected chi connectivity index (χ1v) is 5.91. The molecule has 2 rings (SSSR count). The Morgan fingerprint density at radius 2 is 1.94 bits per heavy atom. The maximum Gasteiger partial charge on any atom is 0.316 e. The molecule has 0 heterocycles. The van der Waals surface area contributed by atoms with Crippen LogP contribution < -0.4 is 0 Å². The molecule has 1 saturated carbocycles. The number of carbonyl (C=O) groups excluding carboxylic acids is 1. The van der Waals surface area contributed by atoms with Crippen LogP contribution in [-0.2, 0) is 21.4 Å². The van der Waals surface area contributed by atoms with Gasteiger partial charge in [-0.1, -0.05) is 37.6 Å². The van der Waals surface area contributed by atoms with Crippen LogP contribution in [0.1, 0.15) is 37.3 Å². The Labute approximate surface area is 96.6 Å². The van der Waals surface area contributed by atoms with Gasteiger partial charge in [-0.05, 0) is 30.4 Å². The minimum absolute atomic E-state index is 0.0806. The number of benzene rings is 1. The molecule has 1 aromatic carbocycles. The molecule has 2 nitrogen and oxygen atoms in total. The minimum Gasteiger partial charge on any atom is -0.468 e. The summed E-state index contributed by atoms with van der Waals surface area (Å²) in [5, 5.41) is 0. The standard InChI is InChI=1S/C14H18O2/c1-3-11-5-7-12(8-6-11)14(9-4-10-14)13(15)16-2/h5-8H,3-4,9-10H2,1-2H3. The van der Waals surface area contributed by atoms with Gasteiger partial charge < -0.3 is 4.74 Å². The average Bonchev–Trinajstić information content (AvgIpc) is 2.28. The van der Waals surface area contributed by atoms with Crippen LogP contribution in [0.5, 0.6) is 0 Å². The van der Waals surface area contributed by atoms with Crippen LogP contribution >= 0.6 is 0 Å². The van der Waals surface area contributed by atoms with Crippen LogP contribution in [0.25, 0.3) is 0 Å². The molecule has 0 N–H and O–H groups in total. The van der Waals surface area contributed by atoms with E-state index in [9.17, 15) is 4.79 Å². The molecule has 1 aliphatic rings. The quantitative estimate of drug-likeness (QED) is 0.729. The van der Waals surface area contributed by atoms with Gasteiger partial charge in [0.1, 0.15) is 0 Å². The van der Waals surface area contributed by atoms with Crippen molar-refractivity contribution in [3.8, 4) is 0 Å². The molecule has 0 spiro atoms. The normalized spacial score (nSPS) is 17.6. The molecule has 16 heavy (non-hydrogen) atoms. The van der Waals surface area contributed by atoms with E-state index in [2.05, 4.69) is 31.2 Å². The van der Waals surface area contributed by atoms with Crippen molar-refractivity contribution in [3.05, 3.63) is 35.4 Å². The third kappa shape index (κ3) is 1.62. The molecule has 0 saturated heterocycles. The lowest BCUT2D eigenvalue weighted by atomic mass is 9.64. The van der Waals surface area contributed by atoms with E-state index in [1.807, 2.05) is 0 Å². The Balaban J connectivity index is 2.30. The highest BCUT2D eigenvalue weighted by molar-refractivity contribution is 5.84. The van der Waals surface area contributed by atoms with Gasteiger partial charge in [0.25, 0.3) is 0 Å². The zero-order chi connectivity index (χ0) is 11.6. The molecule has 1 aromatic rings. The van der Waals surface area contributed by atoms with Crippen LogP contribution in [0.15, 0.2) is 24.3 Å². The zero-order valence-electron chi connectivity index (χ0n) is 9.95. The Kier molecular flexibility index (Phi) is 2.99. The van der Waals surface area contributed by atoms with Gasteiger partial charge in [-0.25, -0.2) is 0 Å². The predicted molar refractivity (Wildman–Crippen MR) is 63.4 cm³/mol. The third-order valence-electron chi connectivity index (χ3n) is 3.70. The summed E-state index contributed by atoms with van der Waals surface area (Å²) in [4.78, 5) is 11.8. The molecule has 0 bridgehead atoms. The van der Waals surface area contributed by atoms with Crippen molar-refractivity contribution >= 4 is 5.97 Å². The van der Waals surface area contributed by atoms with Crippen LogP contribution in [0.4, 0.5) is 0 Å². The Hall–Kier alpha value is -1.31. The molecule has 0 aromatic heterocycles. The van der Waals surface area contributed by atoms with Crippen molar-refractivity contribution in [2.45, 2.75) is 38.0 Å². The molecule has 1 aliphatic carbocycles. The van der Waals surface area contributed by atoms with Crippen molar-refractivity contribution in [2.24, 2.45) is 0 Å². The van der Waals surface area contributed by atoms with Crippen molar-refractivity contribution in [1.82, 2.24) is 0 Å². The van der Waals surface area contributed by atoms with E-state index in [-0.39, 0.29) is 11.4 Å². The number of carbonyl (C=O) groups is 1. The summed E-state index contributed by atoms with van der Waals surface area (Å²) in [6, 6.07) is 8.38. The lowest BCUT2D eigenvalue weighted by Crippen LogP contribution is -2.43. The van der Waals surface area contributed by atoms with Gasteiger partial charge >= 0.3 is 5.97 Å². The summed E-state index contributed by atoms with van der Waals surface area (Å²) in [5.41, 5.74) is 2.08. The number of methoxy groups -OCH3 is 1. The topological polar surface area (TPSA) is 26.3 Å². The summed E-state index contributed by atoms with van der Waals surface area (Å²) in [7, 11) is 1.48. The maximum atomic E-state index is 11.8. The Morgan fingerprint density at radius 1 is 1.31 bits per heavy atom. The fourth-order valence-electron chi connectivity index (χ4n) is 2.40. The second kappa shape index (κ2) is 4.28. The molecule has 0 amide bonds. The van der Waals surface area contributed by atoms with Gasteiger partial charge in [-0.15, -0.1) is 0 Å². The number of rotatable bonds is 3. The SMILES string of the molecule is CCc1ccc(C2(C(=O)OC)CCC2)cc1. The molecule has 0 aliphatic heterocycles. The summed E-state index contributed by atoms with van der Waals surface area (Å²) in [6.07, 6.45) is 3.99. The zero-order valence-corrected chi connectivity index (χ0v) is 9.95. The Morgan fingerprint density at radius 3 is 2.31 bits per heavy atom. The number of hydrogen-bond acceptors (Lipinski definition) is 2. The van der Waals surface area contributed by atoms with Crippen molar-refractivity contribution in [2.75, 3.05) is 7.11 Å². The molecule has 0 radical (unpaired) electrons. The average molecular weight is 218 g/mol. The number of aryl methyl sites for hydroxylation is 1.